The van der Waals surface area contributed by atoms with Crippen LogP contribution in [-0.2, 0) is 11.2 Å². The minimum atomic E-state index is 0.0706. The summed E-state index contributed by atoms with van der Waals surface area (Å²) < 4.78 is 5.35. The molecule has 1 amide bonds. The van der Waals surface area contributed by atoms with E-state index in [1.54, 1.807) is 12.1 Å². The smallest absolute Gasteiger partial charge is 0.234 e. The zero-order chi connectivity index (χ0) is 14.3. The van der Waals surface area contributed by atoms with Gasteiger partial charge in [0.15, 0.2) is 0 Å². The van der Waals surface area contributed by atoms with Crippen molar-refractivity contribution in [3.8, 4) is 5.75 Å². The van der Waals surface area contributed by atoms with Crippen LogP contribution in [0.3, 0.4) is 0 Å². The largest absolute Gasteiger partial charge is 0.496 e. The van der Waals surface area contributed by atoms with Crippen LogP contribution >= 0.6 is 0 Å². The number of nitrogens with one attached hydrogen (secondary N) is 1. The molecule has 0 saturated heterocycles. The van der Waals surface area contributed by atoms with E-state index in [9.17, 15) is 4.79 Å². The molecule has 0 radical (unpaired) electrons. The molecular formula is C15H24N2O2. The van der Waals surface area contributed by atoms with Crippen molar-refractivity contribution in [3.05, 3.63) is 29.3 Å². The summed E-state index contributed by atoms with van der Waals surface area (Å²) >= 11 is 0. The molecule has 0 unspecified atom stereocenters. The first kappa shape index (κ1) is 15.5. The fourth-order valence-electron chi connectivity index (χ4n) is 2.01. The maximum absolute atomic E-state index is 11.5. The van der Waals surface area contributed by atoms with Crippen LogP contribution in [0.1, 0.15) is 30.4 Å². The third kappa shape index (κ3) is 5.75. The Bertz CT molecular complexity index is 417. The Morgan fingerprint density at radius 3 is 2.68 bits per heavy atom. The molecule has 0 aliphatic rings. The Morgan fingerprint density at radius 2 is 2.05 bits per heavy atom. The molecule has 19 heavy (non-hydrogen) atoms. The number of carbonyl (C=O) groups is 1. The van der Waals surface area contributed by atoms with Gasteiger partial charge in [-0.3, -0.25) is 10.2 Å². The molecule has 0 atom stereocenters. The molecule has 0 spiro atoms. The van der Waals surface area contributed by atoms with Crippen LogP contribution in [0.5, 0.6) is 5.75 Å². The lowest BCUT2D eigenvalue weighted by molar-refractivity contribution is -0.124. The first-order valence-electron chi connectivity index (χ1n) is 6.63. The van der Waals surface area contributed by atoms with Crippen LogP contribution in [0.15, 0.2) is 18.2 Å². The van der Waals surface area contributed by atoms with Gasteiger partial charge in [-0.25, -0.2) is 5.01 Å². The van der Waals surface area contributed by atoms with E-state index in [0.29, 0.717) is 6.42 Å². The van der Waals surface area contributed by atoms with Gasteiger partial charge in [-0.15, -0.1) is 0 Å². The second kappa shape index (κ2) is 7.79. The first-order chi connectivity index (χ1) is 9.02. The molecule has 0 saturated carbocycles. The predicted octanol–water partition coefficient (Wildman–Crippen LogP) is 2.31. The van der Waals surface area contributed by atoms with Gasteiger partial charge in [-0.05, 0) is 37.8 Å². The lowest BCUT2D eigenvalue weighted by Crippen LogP contribution is -2.35. The van der Waals surface area contributed by atoms with Crippen molar-refractivity contribution in [2.75, 3.05) is 21.2 Å². The van der Waals surface area contributed by atoms with Crippen LogP contribution < -0.4 is 10.2 Å². The van der Waals surface area contributed by atoms with Crippen LogP contribution in [0.2, 0.25) is 0 Å². The lowest BCUT2D eigenvalue weighted by atomic mass is 10.0. The number of ether oxygens (including phenoxy) is 1. The quantitative estimate of drug-likeness (QED) is 0.607. The first-order valence-corrected chi connectivity index (χ1v) is 6.63. The van der Waals surface area contributed by atoms with Crippen molar-refractivity contribution < 1.29 is 9.53 Å². The maximum atomic E-state index is 11.5. The van der Waals surface area contributed by atoms with Gasteiger partial charge in [0.05, 0.1) is 7.11 Å². The molecule has 1 aromatic rings. The van der Waals surface area contributed by atoms with E-state index >= 15 is 0 Å². The molecule has 1 rings (SSSR count). The fraction of sp³-hybridized carbons (Fsp3) is 0.533. The van der Waals surface area contributed by atoms with E-state index in [-0.39, 0.29) is 5.91 Å². The second-order valence-electron chi connectivity index (χ2n) is 4.95. The maximum Gasteiger partial charge on any atom is 0.234 e. The van der Waals surface area contributed by atoms with Crippen molar-refractivity contribution in [1.82, 2.24) is 10.4 Å². The van der Waals surface area contributed by atoms with Crippen LogP contribution in [0.25, 0.3) is 0 Å². The molecule has 0 fully saturated rings. The van der Waals surface area contributed by atoms with Gasteiger partial charge in [0, 0.05) is 20.5 Å². The summed E-state index contributed by atoms with van der Waals surface area (Å²) in [5.74, 6) is 1.00. The number of methoxy groups -OCH3 is 1. The van der Waals surface area contributed by atoms with Gasteiger partial charge < -0.3 is 4.74 Å². The minimum Gasteiger partial charge on any atom is -0.496 e. The minimum absolute atomic E-state index is 0.0706. The van der Waals surface area contributed by atoms with E-state index in [0.717, 1.165) is 25.0 Å². The van der Waals surface area contributed by atoms with Crippen molar-refractivity contribution in [2.45, 2.75) is 32.6 Å². The van der Waals surface area contributed by atoms with Gasteiger partial charge in [-0.1, -0.05) is 17.7 Å². The van der Waals surface area contributed by atoms with E-state index in [2.05, 4.69) is 18.4 Å². The highest BCUT2D eigenvalue weighted by Crippen LogP contribution is 2.21. The monoisotopic (exact) mass is 264 g/mol. The van der Waals surface area contributed by atoms with Crippen molar-refractivity contribution >= 4 is 5.91 Å². The van der Waals surface area contributed by atoms with Crippen LogP contribution in [-0.4, -0.2) is 32.1 Å². The average molecular weight is 264 g/mol. The molecular weight excluding hydrogens is 240 g/mol. The number of rotatable bonds is 7. The number of hydrogen-bond donors (Lipinski definition) is 1. The number of nitrogens with zero attached hydrogens (tertiary/aromatic N) is 1. The standard InChI is InChI=1S/C15H24N2O2/c1-12-9-10-14(19-4)13(11-12)7-5-6-8-15(18)16-17(2)3/h9-11H,5-8H2,1-4H3,(H,16,18). The Labute approximate surface area is 115 Å². The van der Waals surface area contributed by atoms with Gasteiger partial charge in [0.2, 0.25) is 5.91 Å². The summed E-state index contributed by atoms with van der Waals surface area (Å²) in [6.45, 7) is 2.08. The topological polar surface area (TPSA) is 41.6 Å². The number of unbranched alkanes of at least 4 members (excludes halogenated alkanes) is 1. The molecule has 0 heterocycles. The molecule has 106 valence electrons. The highest BCUT2D eigenvalue weighted by Gasteiger charge is 2.05. The van der Waals surface area contributed by atoms with Crippen molar-refractivity contribution in [3.63, 3.8) is 0 Å². The van der Waals surface area contributed by atoms with Crippen LogP contribution in [0.4, 0.5) is 0 Å². The molecule has 4 heteroatoms. The average Bonchev–Trinajstić information content (AvgIpc) is 2.34. The van der Waals surface area contributed by atoms with E-state index in [1.807, 2.05) is 26.2 Å². The van der Waals surface area contributed by atoms with E-state index in [1.165, 1.54) is 11.1 Å². The van der Waals surface area contributed by atoms with Crippen LogP contribution in [0, 0.1) is 6.92 Å². The SMILES string of the molecule is COc1ccc(C)cc1CCCCC(=O)NN(C)C. The normalized spacial score (nSPS) is 10.6. The summed E-state index contributed by atoms with van der Waals surface area (Å²) in [6, 6.07) is 6.20. The highest BCUT2D eigenvalue weighted by molar-refractivity contribution is 5.75. The molecule has 1 N–H and O–H groups in total. The summed E-state index contributed by atoms with van der Waals surface area (Å²) in [7, 11) is 5.32. The van der Waals surface area contributed by atoms with Gasteiger partial charge in [-0.2, -0.15) is 0 Å². The Morgan fingerprint density at radius 1 is 1.32 bits per heavy atom. The lowest BCUT2D eigenvalue weighted by Gasteiger charge is -2.12. The summed E-state index contributed by atoms with van der Waals surface area (Å²) in [5, 5.41) is 1.67. The van der Waals surface area contributed by atoms with Crippen molar-refractivity contribution in [1.29, 1.82) is 0 Å². The Hall–Kier alpha value is -1.55. The Balaban J connectivity index is 2.37. The second-order valence-corrected chi connectivity index (χ2v) is 4.95. The zero-order valence-corrected chi connectivity index (χ0v) is 12.3. The van der Waals surface area contributed by atoms with Crippen molar-refractivity contribution in [2.24, 2.45) is 0 Å². The van der Waals surface area contributed by atoms with E-state index < -0.39 is 0 Å². The molecule has 0 aromatic heterocycles. The number of amides is 1. The number of aryl methyl sites for hydroxylation is 2. The van der Waals surface area contributed by atoms with E-state index in [4.69, 9.17) is 4.74 Å². The predicted molar refractivity (Wildman–Crippen MR) is 77.1 cm³/mol. The summed E-state index contributed by atoms with van der Waals surface area (Å²) in [6.07, 6.45) is 3.38. The number of hydrogen-bond acceptors (Lipinski definition) is 3. The summed E-state index contributed by atoms with van der Waals surface area (Å²) in [5.41, 5.74) is 5.20. The summed E-state index contributed by atoms with van der Waals surface area (Å²) in [4.78, 5) is 11.5. The molecule has 0 aliphatic carbocycles. The third-order valence-corrected chi connectivity index (χ3v) is 2.88. The third-order valence-electron chi connectivity index (χ3n) is 2.88. The molecule has 4 nitrogen and oxygen atoms in total. The molecule has 0 aliphatic heterocycles. The fourth-order valence-corrected chi connectivity index (χ4v) is 2.01. The molecule has 0 bridgehead atoms. The number of hydrazine groups is 1. The van der Waals surface area contributed by atoms with Gasteiger partial charge >= 0.3 is 0 Å². The Kier molecular flexibility index (Phi) is 6.36. The number of carbonyl (C=O) groups excluding carboxylic acids is 1. The molecule has 1 aromatic carbocycles. The zero-order valence-electron chi connectivity index (χ0n) is 12.3. The van der Waals surface area contributed by atoms with Gasteiger partial charge in [0.1, 0.15) is 5.75 Å². The van der Waals surface area contributed by atoms with Gasteiger partial charge in [0.25, 0.3) is 0 Å². The highest BCUT2D eigenvalue weighted by atomic mass is 16.5. The number of benzene rings is 1.